The predicted molar refractivity (Wildman–Crippen MR) is 78.5 cm³/mol. The van der Waals surface area contributed by atoms with Crippen molar-refractivity contribution >= 4 is 10.2 Å². The van der Waals surface area contributed by atoms with Gasteiger partial charge in [0, 0.05) is 10.2 Å². The van der Waals surface area contributed by atoms with Crippen LogP contribution in [0.1, 0.15) is 38.5 Å². The van der Waals surface area contributed by atoms with Gasteiger partial charge in [0.25, 0.3) is 0 Å². The largest absolute Gasteiger partial charge is 0.288 e. The van der Waals surface area contributed by atoms with E-state index in [-0.39, 0.29) is 0 Å². The molecular weight excluding hydrogens is 224 g/mol. The minimum absolute atomic E-state index is 0.680. The van der Waals surface area contributed by atoms with Gasteiger partial charge >= 0.3 is 0 Å². The highest BCUT2D eigenvalue weighted by Crippen LogP contribution is 2.26. The number of rotatable bonds is 4. The second-order valence-electron chi connectivity index (χ2n) is 5.70. The summed E-state index contributed by atoms with van der Waals surface area (Å²) < 4.78 is 0. The van der Waals surface area contributed by atoms with Gasteiger partial charge in [0.2, 0.25) is 0 Å². The van der Waals surface area contributed by atoms with E-state index in [1.54, 1.807) is 0 Å². The maximum Gasteiger partial charge on any atom is 0.0652 e. The number of likely N-dealkylation sites (tertiary alicyclic amines) is 2. The van der Waals surface area contributed by atoms with Gasteiger partial charge in [-0.1, -0.05) is 18.9 Å². The van der Waals surface area contributed by atoms with E-state index in [0.717, 1.165) is 5.54 Å². The zero-order chi connectivity index (χ0) is 12.1. The van der Waals surface area contributed by atoms with Gasteiger partial charge < -0.3 is 0 Å². The Morgan fingerprint density at radius 3 is 1.59 bits per heavy atom. The first kappa shape index (κ1) is 13.3. The van der Waals surface area contributed by atoms with Crippen molar-refractivity contribution in [1.82, 2.24) is 9.80 Å². The van der Waals surface area contributed by atoms with Crippen molar-refractivity contribution in [2.45, 2.75) is 50.2 Å². The van der Waals surface area contributed by atoms with Crippen LogP contribution in [0.3, 0.4) is 0 Å². The topological polar surface area (TPSA) is 6.48 Å². The van der Waals surface area contributed by atoms with E-state index in [9.17, 15) is 0 Å². The van der Waals surface area contributed by atoms with Crippen molar-refractivity contribution in [3.63, 3.8) is 0 Å². The summed E-state index contributed by atoms with van der Waals surface area (Å²) in [4.78, 5) is 5.49. The lowest BCUT2D eigenvalue weighted by Crippen LogP contribution is -2.53. The molecule has 2 saturated heterocycles. The van der Waals surface area contributed by atoms with Crippen LogP contribution in [-0.2, 0) is 0 Å². The summed E-state index contributed by atoms with van der Waals surface area (Å²) in [5.41, 5.74) is 0.728. The third-order valence-corrected chi connectivity index (χ3v) is 5.44. The van der Waals surface area contributed by atoms with E-state index < -0.39 is 0 Å². The lowest BCUT2D eigenvalue weighted by Gasteiger charge is -2.45. The summed E-state index contributed by atoms with van der Waals surface area (Å²) in [6, 6.07) is 0. The molecule has 0 aliphatic carbocycles. The molecule has 0 aromatic carbocycles. The summed E-state index contributed by atoms with van der Waals surface area (Å²) in [6.45, 7) is 9.31. The zero-order valence-electron chi connectivity index (χ0n) is 11.4. The number of piperidine rings is 2. The third-order valence-electron chi connectivity index (χ3n) is 4.37. The molecule has 0 bridgehead atoms. The van der Waals surface area contributed by atoms with Crippen LogP contribution in [-0.4, -0.2) is 52.4 Å². The first-order valence-corrected chi connectivity index (χ1v) is 8.59. The van der Waals surface area contributed by atoms with E-state index in [2.05, 4.69) is 22.5 Å². The molecule has 17 heavy (non-hydrogen) atoms. The molecule has 0 aromatic heterocycles. The maximum absolute atomic E-state index is 4.05. The summed E-state index contributed by atoms with van der Waals surface area (Å²) in [5, 5.41) is 0. The summed E-state index contributed by atoms with van der Waals surface area (Å²) >= 11 is 0. The number of nitrogens with zero attached hydrogens (tertiary/aromatic N) is 2. The molecule has 0 saturated carbocycles. The van der Waals surface area contributed by atoms with Crippen LogP contribution in [0, 0.1) is 0 Å². The molecule has 2 fully saturated rings. The highest BCUT2D eigenvalue weighted by atomic mass is 28.1. The SMILES string of the molecule is C=CC([SiH3])C(N1CCCCC1)N1CCCCC1. The van der Waals surface area contributed by atoms with E-state index in [1.165, 1.54) is 74.9 Å². The first-order chi connectivity index (χ1) is 8.33. The van der Waals surface area contributed by atoms with Gasteiger partial charge in [-0.05, 0) is 57.4 Å². The fourth-order valence-electron chi connectivity index (χ4n) is 3.38. The highest BCUT2D eigenvalue weighted by molar-refractivity contribution is 6.13. The van der Waals surface area contributed by atoms with Gasteiger partial charge in [-0.15, -0.1) is 6.58 Å². The van der Waals surface area contributed by atoms with Crippen LogP contribution in [0.15, 0.2) is 12.7 Å². The van der Waals surface area contributed by atoms with Crippen LogP contribution in [0.25, 0.3) is 0 Å². The Balaban J connectivity index is 2.02. The van der Waals surface area contributed by atoms with Crippen molar-refractivity contribution in [3.05, 3.63) is 12.7 Å². The molecule has 2 aliphatic heterocycles. The Morgan fingerprint density at radius 1 is 0.824 bits per heavy atom. The lowest BCUT2D eigenvalue weighted by atomic mass is 10.1. The highest BCUT2D eigenvalue weighted by Gasteiger charge is 2.30. The van der Waals surface area contributed by atoms with Crippen LogP contribution >= 0.6 is 0 Å². The number of hydrogen-bond acceptors (Lipinski definition) is 2. The van der Waals surface area contributed by atoms with Gasteiger partial charge in [-0.3, -0.25) is 9.80 Å². The second kappa shape index (κ2) is 6.71. The van der Waals surface area contributed by atoms with Crippen molar-refractivity contribution in [2.24, 2.45) is 0 Å². The first-order valence-electron chi connectivity index (χ1n) is 7.43. The second-order valence-corrected chi connectivity index (χ2v) is 7.04. The van der Waals surface area contributed by atoms with Gasteiger partial charge in [0.15, 0.2) is 0 Å². The molecule has 1 atom stereocenters. The maximum atomic E-state index is 4.05. The Labute approximate surface area is 109 Å². The molecule has 0 N–H and O–H groups in total. The number of hydrogen-bond donors (Lipinski definition) is 0. The molecule has 3 heteroatoms. The van der Waals surface area contributed by atoms with Crippen LogP contribution < -0.4 is 0 Å². The van der Waals surface area contributed by atoms with Gasteiger partial charge in [0.1, 0.15) is 0 Å². The third kappa shape index (κ3) is 3.43. The quantitative estimate of drug-likeness (QED) is 0.554. The molecule has 1 unspecified atom stereocenters. The van der Waals surface area contributed by atoms with E-state index in [4.69, 9.17) is 0 Å². The standard InChI is InChI=1S/C14H28N2Si/c1-2-13(17)14(15-9-5-3-6-10-15)16-11-7-4-8-12-16/h2,13-14H,1,3-12H2,17H3. The summed E-state index contributed by atoms with van der Waals surface area (Å²) in [6.07, 6.45) is 11.4. The molecule has 2 heterocycles. The molecular formula is C14H28N2Si. The van der Waals surface area contributed by atoms with Crippen LogP contribution in [0.5, 0.6) is 0 Å². The molecule has 98 valence electrons. The van der Waals surface area contributed by atoms with E-state index in [0.29, 0.717) is 6.17 Å². The Hall–Kier alpha value is -0.123. The van der Waals surface area contributed by atoms with Crippen molar-refractivity contribution in [1.29, 1.82) is 0 Å². The molecule has 2 aliphatic rings. The molecule has 2 nitrogen and oxygen atoms in total. The molecule has 0 radical (unpaired) electrons. The molecule has 2 rings (SSSR count). The molecule has 0 spiro atoms. The fraction of sp³-hybridized carbons (Fsp3) is 0.857. The normalized spacial score (nSPS) is 26.2. The van der Waals surface area contributed by atoms with Crippen molar-refractivity contribution in [2.75, 3.05) is 26.2 Å². The Morgan fingerprint density at radius 2 is 1.24 bits per heavy atom. The molecule has 0 amide bonds. The van der Waals surface area contributed by atoms with Crippen molar-refractivity contribution in [3.8, 4) is 0 Å². The average molecular weight is 252 g/mol. The van der Waals surface area contributed by atoms with Gasteiger partial charge in [-0.25, -0.2) is 0 Å². The average Bonchev–Trinajstić information content (AvgIpc) is 2.41. The minimum atomic E-state index is 0.680. The van der Waals surface area contributed by atoms with Crippen molar-refractivity contribution < 1.29 is 0 Å². The molecule has 0 aromatic rings. The zero-order valence-corrected chi connectivity index (χ0v) is 13.4. The minimum Gasteiger partial charge on any atom is -0.288 e. The lowest BCUT2D eigenvalue weighted by molar-refractivity contribution is 0.0197. The fourth-order valence-corrected chi connectivity index (χ4v) is 4.23. The smallest absolute Gasteiger partial charge is 0.0652 e. The Bertz CT molecular complexity index is 214. The van der Waals surface area contributed by atoms with Crippen LogP contribution in [0.4, 0.5) is 0 Å². The van der Waals surface area contributed by atoms with Gasteiger partial charge in [-0.2, -0.15) is 0 Å². The van der Waals surface area contributed by atoms with Crippen LogP contribution in [0.2, 0.25) is 5.54 Å². The predicted octanol–water partition coefficient (Wildman–Crippen LogP) is 1.62. The summed E-state index contributed by atoms with van der Waals surface area (Å²) in [5.74, 6) is 0. The monoisotopic (exact) mass is 252 g/mol. The van der Waals surface area contributed by atoms with E-state index in [1.807, 2.05) is 0 Å². The van der Waals surface area contributed by atoms with Gasteiger partial charge in [0.05, 0.1) is 6.17 Å². The van der Waals surface area contributed by atoms with E-state index >= 15 is 0 Å². The summed E-state index contributed by atoms with van der Waals surface area (Å²) in [7, 11) is 1.24. The Kier molecular flexibility index (Phi) is 5.26.